The van der Waals surface area contributed by atoms with Gasteiger partial charge >= 0.3 is 25.7 Å². The zero-order chi connectivity index (χ0) is 32.1. The van der Waals surface area contributed by atoms with E-state index in [9.17, 15) is 8.42 Å². The summed E-state index contributed by atoms with van der Waals surface area (Å²) >= 11 is -2.00. The van der Waals surface area contributed by atoms with Gasteiger partial charge in [0.25, 0.3) is 0 Å². The van der Waals surface area contributed by atoms with Crippen molar-refractivity contribution < 1.29 is 55.1 Å². The van der Waals surface area contributed by atoms with Crippen LogP contribution in [-0.2, 0) is 66.1 Å². The van der Waals surface area contributed by atoms with Crippen molar-refractivity contribution in [3.8, 4) is 0 Å². The van der Waals surface area contributed by atoms with E-state index < -0.39 is 30.1 Å². The van der Waals surface area contributed by atoms with Crippen LogP contribution in [0.15, 0.2) is 0 Å². The van der Waals surface area contributed by atoms with E-state index in [1.165, 1.54) is 77.0 Å². The van der Waals surface area contributed by atoms with Gasteiger partial charge in [0.2, 0.25) is 0 Å². The summed E-state index contributed by atoms with van der Waals surface area (Å²) < 4.78 is 46.3. The van der Waals surface area contributed by atoms with E-state index in [1.54, 1.807) is 0 Å². The van der Waals surface area contributed by atoms with Crippen LogP contribution in [0.2, 0.25) is 0 Å². The van der Waals surface area contributed by atoms with Crippen LogP contribution in [0.3, 0.4) is 0 Å². The number of rotatable bonds is 2. The summed E-state index contributed by atoms with van der Waals surface area (Å²) in [7, 11) is -2.51. The molecule has 4 saturated carbocycles. The van der Waals surface area contributed by atoms with Crippen molar-refractivity contribution in [1.82, 2.24) is 42.5 Å². The molecule has 9 fully saturated rings. The summed E-state index contributed by atoms with van der Waals surface area (Å²) in [5.41, 5.74) is 0. The number of nitrogens with one attached hydrogen (secondary N) is 8. The molecule has 5 heterocycles. The van der Waals surface area contributed by atoms with Crippen LogP contribution < -0.4 is 42.5 Å². The molecule has 48 heavy (non-hydrogen) atoms. The van der Waals surface area contributed by atoms with Crippen LogP contribution in [0.1, 0.15) is 96.3 Å². The van der Waals surface area contributed by atoms with Gasteiger partial charge in [0.05, 0.1) is 60.3 Å². The second-order valence-corrected chi connectivity index (χ2v) is 16.9. The summed E-state index contributed by atoms with van der Waals surface area (Å²) in [6.07, 6.45) is 20.0. The van der Waals surface area contributed by atoms with E-state index in [0.717, 1.165) is 19.3 Å². The van der Waals surface area contributed by atoms with Crippen LogP contribution in [0.5, 0.6) is 0 Å². The van der Waals surface area contributed by atoms with Gasteiger partial charge in [0, 0.05) is 28.8 Å². The number of fused-ring (bicyclic) bond motifs is 20. The van der Waals surface area contributed by atoms with Gasteiger partial charge in [-0.1, -0.05) is 44.9 Å². The van der Waals surface area contributed by atoms with Gasteiger partial charge in [-0.15, -0.1) is 0 Å². The Hall–Kier alpha value is 0.411. The van der Waals surface area contributed by atoms with Crippen molar-refractivity contribution in [3.63, 3.8) is 0 Å². The Morgan fingerprint density at radius 2 is 0.688 bits per heavy atom. The summed E-state index contributed by atoms with van der Waals surface area (Å²) in [6.45, 7) is 0. The first-order valence-corrected chi connectivity index (χ1v) is 21.1. The molecule has 9 aliphatic rings. The molecular formula is C32H55CoN8O5STi-. The number of hydrogen-bond donors (Lipinski definition) is 8. The topological polar surface area (TPSA) is 174 Å². The van der Waals surface area contributed by atoms with Crippen LogP contribution >= 0.6 is 0 Å². The molecule has 8 N–H and O–H groups in total. The predicted molar refractivity (Wildman–Crippen MR) is 168 cm³/mol. The second kappa shape index (κ2) is 16.2. The molecule has 0 amide bonds. The molecule has 16 heteroatoms. The van der Waals surface area contributed by atoms with E-state index in [1.807, 2.05) is 0 Å². The maximum atomic E-state index is 11.8. The molecule has 5 saturated heterocycles. The SMILES string of the molecule is O=[S-](=O)OC1CCCC2C3NC4NC(NC5NC(NC6NC(NC(N3)C12)C1CCCCC61)C1CCCCC51)C1CCCCC41.[Co].[O]=[Ti]=[O]. The molecule has 273 valence electrons. The van der Waals surface area contributed by atoms with Crippen molar-refractivity contribution in [2.24, 2.45) is 47.3 Å². The molecule has 0 aromatic carbocycles. The quantitative estimate of drug-likeness (QED) is 0.151. The molecule has 8 bridgehead atoms. The average molecular weight is 771 g/mol. The van der Waals surface area contributed by atoms with Crippen molar-refractivity contribution in [1.29, 1.82) is 0 Å². The third-order valence-corrected chi connectivity index (χ3v) is 14.4. The normalized spacial score (nSPS) is 50.8. The zero-order valence-electron chi connectivity index (χ0n) is 27.7. The predicted octanol–water partition coefficient (Wildman–Crippen LogP) is 1.58. The Balaban J connectivity index is 0.000000880. The Kier molecular flexibility index (Phi) is 12.4. The van der Waals surface area contributed by atoms with Gasteiger partial charge in [-0.3, -0.25) is 42.5 Å². The molecule has 4 aliphatic carbocycles. The van der Waals surface area contributed by atoms with Crippen molar-refractivity contribution >= 4 is 11.0 Å². The second-order valence-electron chi connectivity index (χ2n) is 16.1. The molecule has 13 nitrogen and oxygen atoms in total. The van der Waals surface area contributed by atoms with Crippen LogP contribution in [0, 0.1) is 47.3 Å². The van der Waals surface area contributed by atoms with E-state index in [4.69, 9.17) is 10.8 Å². The summed E-state index contributed by atoms with van der Waals surface area (Å²) in [6, 6.07) is 0. The monoisotopic (exact) mass is 770 g/mol. The summed E-state index contributed by atoms with van der Waals surface area (Å²) in [5.74, 6) is 4.16. The standard InChI is InChI=1S/C32H55N8O3S.Co.2O.Ti/c41-44(42)43-23-15-7-14-22-24(23)32-39-30-21-13-6-5-12-20(21)28(37-30)35-26-17-9-2-1-8-16(17)25(33-26)34-27-18-10-3-4-11-19(18)29(36-27)38-31(22)40-32;;;;/h16-40H,1-15H2;;;;/q-1;;;;. The fourth-order valence-electron chi connectivity index (χ4n) is 12.2. The fourth-order valence-corrected chi connectivity index (χ4v) is 12.6. The van der Waals surface area contributed by atoms with E-state index in [-0.39, 0.29) is 59.6 Å². The molecule has 0 spiro atoms. The third-order valence-electron chi connectivity index (χ3n) is 14.0. The minimum absolute atomic E-state index is 0. The van der Waals surface area contributed by atoms with Gasteiger partial charge < -0.3 is 12.6 Å². The van der Waals surface area contributed by atoms with Crippen molar-refractivity contribution in [2.75, 3.05) is 0 Å². The van der Waals surface area contributed by atoms with Gasteiger partial charge in [-0.05, 0) is 92.8 Å². The van der Waals surface area contributed by atoms with Crippen LogP contribution in [0.25, 0.3) is 0 Å². The van der Waals surface area contributed by atoms with Gasteiger partial charge in [-0.25, -0.2) is 0 Å². The molecule has 17 unspecified atom stereocenters. The van der Waals surface area contributed by atoms with Gasteiger partial charge in [0.15, 0.2) is 0 Å². The first-order chi connectivity index (χ1) is 23.0. The summed E-state index contributed by atoms with van der Waals surface area (Å²) in [4.78, 5) is 0. The first-order valence-electron chi connectivity index (χ1n) is 18.9. The Morgan fingerprint density at radius 3 is 1.00 bits per heavy atom. The van der Waals surface area contributed by atoms with E-state index in [2.05, 4.69) is 42.5 Å². The van der Waals surface area contributed by atoms with Crippen LogP contribution in [0.4, 0.5) is 0 Å². The zero-order valence-corrected chi connectivity index (χ0v) is 31.1. The Morgan fingerprint density at radius 1 is 0.417 bits per heavy atom. The molecule has 1 radical (unpaired) electrons. The molecule has 5 aliphatic heterocycles. The van der Waals surface area contributed by atoms with Crippen molar-refractivity contribution in [2.45, 2.75) is 152 Å². The van der Waals surface area contributed by atoms with Gasteiger partial charge in [-0.2, -0.15) is 0 Å². The molecule has 17 atom stereocenters. The van der Waals surface area contributed by atoms with Crippen molar-refractivity contribution in [3.05, 3.63) is 0 Å². The fraction of sp³-hybridized carbons (Fsp3) is 1.00. The molecule has 0 aromatic heterocycles. The van der Waals surface area contributed by atoms with E-state index >= 15 is 0 Å². The van der Waals surface area contributed by atoms with Crippen LogP contribution in [-0.4, -0.2) is 55.4 Å². The number of hydrogen-bond acceptors (Lipinski definition) is 14. The third kappa shape index (κ3) is 7.19. The average Bonchev–Trinajstić information content (AvgIpc) is 3.81. The molecule has 0 aromatic rings. The minimum atomic E-state index is -2.51. The Labute approximate surface area is 306 Å². The molecular weight excluding hydrogens is 715 g/mol. The molecule has 9 rings (SSSR count). The van der Waals surface area contributed by atoms with Gasteiger partial charge in [0.1, 0.15) is 0 Å². The first kappa shape index (κ1) is 36.8. The van der Waals surface area contributed by atoms with E-state index in [0.29, 0.717) is 59.9 Å². The Bertz CT molecular complexity index is 1230. The summed E-state index contributed by atoms with van der Waals surface area (Å²) in [5, 5.41) is 32.9. The maximum absolute atomic E-state index is 11.8.